The van der Waals surface area contributed by atoms with Gasteiger partial charge < -0.3 is 10.3 Å². The van der Waals surface area contributed by atoms with Crippen molar-refractivity contribution in [2.45, 2.75) is 12.8 Å². The molecular formula is C15H12N4O. The zero-order valence-electron chi connectivity index (χ0n) is 10.7. The van der Waals surface area contributed by atoms with Crippen molar-refractivity contribution in [3.63, 3.8) is 0 Å². The highest BCUT2D eigenvalue weighted by atomic mass is 16.1. The monoisotopic (exact) mass is 264 g/mol. The van der Waals surface area contributed by atoms with Crippen LogP contribution < -0.4 is 5.32 Å². The van der Waals surface area contributed by atoms with Crippen molar-refractivity contribution in [2.75, 3.05) is 5.32 Å². The van der Waals surface area contributed by atoms with Crippen LogP contribution in [0, 0.1) is 0 Å². The van der Waals surface area contributed by atoms with Crippen molar-refractivity contribution in [1.29, 1.82) is 0 Å². The van der Waals surface area contributed by atoms with E-state index in [9.17, 15) is 4.79 Å². The second-order valence-corrected chi connectivity index (χ2v) is 4.95. The molecule has 1 aliphatic rings. The fourth-order valence-electron chi connectivity index (χ4n) is 2.65. The Kier molecular flexibility index (Phi) is 2.32. The SMILES string of the molecule is O=C1Cc2cc(Cc3ncnc4[nH]ccc34)ccc2N1. The molecule has 1 aromatic carbocycles. The first-order chi connectivity index (χ1) is 9.79. The molecule has 3 aromatic rings. The van der Waals surface area contributed by atoms with E-state index in [2.05, 4.69) is 26.3 Å². The maximum absolute atomic E-state index is 11.4. The molecule has 0 saturated heterocycles. The van der Waals surface area contributed by atoms with Gasteiger partial charge in [-0.3, -0.25) is 4.79 Å². The topological polar surface area (TPSA) is 70.7 Å². The number of hydrogen-bond acceptors (Lipinski definition) is 3. The summed E-state index contributed by atoms with van der Waals surface area (Å²) in [5.74, 6) is 0.0622. The number of benzene rings is 1. The van der Waals surface area contributed by atoms with Gasteiger partial charge >= 0.3 is 0 Å². The van der Waals surface area contributed by atoms with Crippen molar-refractivity contribution in [3.8, 4) is 0 Å². The molecular weight excluding hydrogens is 252 g/mol. The minimum atomic E-state index is 0.0622. The summed E-state index contributed by atoms with van der Waals surface area (Å²) < 4.78 is 0. The average molecular weight is 264 g/mol. The Labute approximate surface area is 115 Å². The summed E-state index contributed by atoms with van der Waals surface area (Å²) in [5.41, 5.74) is 4.99. The smallest absolute Gasteiger partial charge is 0.228 e. The molecule has 5 heteroatoms. The van der Waals surface area contributed by atoms with E-state index in [1.165, 1.54) is 0 Å². The van der Waals surface area contributed by atoms with Crippen LogP contribution in [0.1, 0.15) is 16.8 Å². The molecule has 98 valence electrons. The van der Waals surface area contributed by atoms with Gasteiger partial charge in [0.15, 0.2) is 0 Å². The van der Waals surface area contributed by atoms with Crippen molar-refractivity contribution in [3.05, 3.63) is 53.6 Å². The average Bonchev–Trinajstić information content (AvgIpc) is 3.03. The number of aromatic nitrogens is 3. The Bertz CT molecular complexity index is 822. The van der Waals surface area contributed by atoms with Gasteiger partial charge in [0.1, 0.15) is 12.0 Å². The molecule has 0 radical (unpaired) electrons. The number of hydrogen-bond donors (Lipinski definition) is 2. The molecule has 4 rings (SSSR count). The largest absolute Gasteiger partial charge is 0.346 e. The zero-order valence-corrected chi connectivity index (χ0v) is 10.7. The maximum Gasteiger partial charge on any atom is 0.228 e. The van der Waals surface area contributed by atoms with Crippen LogP contribution in [-0.4, -0.2) is 20.9 Å². The molecule has 2 N–H and O–H groups in total. The van der Waals surface area contributed by atoms with E-state index in [4.69, 9.17) is 0 Å². The minimum Gasteiger partial charge on any atom is -0.346 e. The first-order valence-corrected chi connectivity index (χ1v) is 6.48. The summed E-state index contributed by atoms with van der Waals surface area (Å²) in [6.45, 7) is 0. The fourth-order valence-corrected chi connectivity index (χ4v) is 2.65. The molecule has 3 heterocycles. The molecule has 0 spiro atoms. The molecule has 1 aliphatic heterocycles. The van der Waals surface area contributed by atoms with E-state index in [1.54, 1.807) is 6.33 Å². The van der Waals surface area contributed by atoms with Gasteiger partial charge in [0.05, 0.1) is 12.1 Å². The Hall–Kier alpha value is -2.69. The number of H-pyrrole nitrogens is 1. The summed E-state index contributed by atoms with van der Waals surface area (Å²) in [5, 5.41) is 3.89. The Morgan fingerprint density at radius 2 is 2.15 bits per heavy atom. The first-order valence-electron chi connectivity index (χ1n) is 6.48. The molecule has 2 aromatic heterocycles. The van der Waals surface area contributed by atoms with Gasteiger partial charge in [-0.15, -0.1) is 0 Å². The summed E-state index contributed by atoms with van der Waals surface area (Å²) in [4.78, 5) is 23.0. The van der Waals surface area contributed by atoms with Crippen LogP contribution in [0.4, 0.5) is 5.69 Å². The molecule has 20 heavy (non-hydrogen) atoms. The van der Waals surface area contributed by atoms with Gasteiger partial charge in [-0.1, -0.05) is 12.1 Å². The first kappa shape index (κ1) is 11.2. The minimum absolute atomic E-state index is 0.0622. The maximum atomic E-state index is 11.4. The van der Waals surface area contributed by atoms with E-state index < -0.39 is 0 Å². The highest BCUT2D eigenvalue weighted by Crippen LogP contribution is 2.25. The summed E-state index contributed by atoms with van der Waals surface area (Å²) >= 11 is 0. The zero-order chi connectivity index (χ0) is 13.5. The van der Waals surface area contributed by atoms with Crippen LogP contribution in [0.2, 0.25) is 0 Å². The number of carbonyl (C=O) groups is 1. The Morgan fingerprint density at radius 1 is 1.20 bits per heavy atom. The van der Waals surface area contributed by atoms with Crippen LogP contribution in [0.15, 0.2) is 36.8 Å². The van der Waals surface area contributed by atoms with Crippen molar-refractivity contribution in [1.82, 2.24) is 15.0 Å². The van der Waals surface area contributed by atoms with Gasteiger partial charge in [-0.05, 0) is 23.3 Å². The van der Waals surface area contributed by atoms with Gasteiger partial charge in [-0.25, -0.2) is 9.97 Å². The molecule has 0 atom stereocenters. The van der Waals surface area contributed by atoms with Crippen molar-refractivity contribution >= 4 is 22.6 Å². The van der Waals surface area contributed by atoms with Crippen LogP contribution in [0.3, 0.4) is 0 Å². The molecule has 0 unspecified atom stereocenters. The number of amides is 1. The quantitative estimate of drug-likeness (QED) is 0.744. The van der Waals surface area contributed by atoms with Gasteiger partial charge in [0, 0.05) is 23.7 Å². The molecule has 0 fully saturated rings. The van der Waals surface area contributed by atoms with Gasteiger partial charge in [0.25, 0.3) is 0 Å². The number of carbonyl (C=O) groups excluding carboxylic acids is 1. The van der Waals surface area contributed by atoms with Gasteiger partial charge in [0.2, 0.25) is 5.91 Å². The van der Waals surface area contributed by atoms with Crippen LogP contribution in [0.25, 0.3) is 11.0 Å². The van der Waals surface area contributed by atoms with E-state index in [0.29, 0.717) is 6.42 Å². The lowest BCUT2D eigenvalue weighted by atomic mass is 10.0. The Balaban J connectivity index is 1.71. The number of anilines is 1. The van der Waals surface area contributed by atoms with E-state index >= 15 is 0 Å². The molecule has 0 bridgehead atoms. The van der Waals surface area contributed by atoms with Crippen LogP contribution >= 0.6 is 0 Å². The lowest BCUT2D eigenvalue weighted by molar-refractivity contribution is -0.115. The number of nitrogens with zero attached hydrogens (tertiary/aromatic N) is 2. The number of aromatic amines is 1. The summed E-state index contributed by atoms with van der Waals surface area (Å²) in [6, 6.07) is 8.06. The lowest BCUT2D eigenvalue weighted by Gasteiger charge is -2.05. The Morgan fingerprint density at radius 3 is 3.10 bits per heavy atom. The second-order valence-electron chi connectivity index (χ2n) is 4.95. The predicted octanol–water partition coefficient (Wildman–Crippen LogP) is 2.04. The van der Waals surface area contributed by atoms with E-state index in [1.807, 2.05) is 24.4 Å². The molecule has 5 nitrogen and oxygen atoms in total. The standard InChI is InChI=1S/C15H12N4O/c20-14-7-10-5-9(1-2-12(10)19-14)6-13-11-3-4-16-15(11)18-8-17-13/h1-5,8H,6-7H2,(H,19,20)(H,16,17,18). The summed E-state index contributed by atoms with van der Waals surface area (Å²) in [6.07, 6.45) is 4.64. The summed E-state index contributed by atoms with van der Waals surface area (Å²) in [7, 11) is 0. The van der Waals surface area contributed by atoms with Gasteiger partial charge in [-0.2, -0.15) is 0 Å². The highest BCUT2D eigenvalue weighted by Gasteiger charge is 2.17. The second kappa shape index (κ2) is 4.16. The third-order valence-corrected chi connectivity index (χ3v) is 3.60. The number of rotatable bonds is 2. The third kappa shape index (κ3) is 1.75. The molecule has 0 aliphatic carbocycles. The number of fused-ring (bicyclic) bond motifs is 2. The van der Waals surface area contributed by atoms with E-state index in [0.717, 1.165) is 40.0 Å². The normalized spacial score (nSPS) is 13.5. The molecule has 0 saturated carbocycles. The van der Waals surface area contributed by atoms with Crippen LogP contribution in [0.5, 0.6) is 0 Å². The van der Waals surface area contributed by atoms with Crippen molar-refractivity contribution < 1.29 is 4.79 Å². The molecule has 1 amide bonds. The van der Waals surface area contributed by atoms with E-state index in [-0.39, 0.29) is 5.91 Å². The third-order valence-electron chi connectivity index (χ3n) is 3.60. The highest BCUT2D eigenvalue weighted by molar-refractivity contribution is 5.99. The number of nitrogens with one attached hydrogen (secondary N) is 2. The predicted molar refractivity (Wildman–Crippen MR) is 75.5 cm³/mol. The van der Waals surface area contributed by atoms with Crippen LogP contribution in [-0.2, 0) is 17.6 Å². The lowest BCUT2D eigenvalue weighted by Crippen LogP contribution is -2.03. The fraction of sp³-hybridized carbons (Fsp3) is 0.133. The van der Waals surface area contributed by atoms with Crippen molar-refractivity contribution in [2.24, 2.45) is 0 Å².